The van der Waals surface area contributed by atoms with Crippen LogP contribution in [0.1, 0.15) is 24.4 Å². The topological polar surface area (TPSA) is 26.0 Å². The number of rotatable bonds is 4. The van der Waals surface area contributed by atoms with Gasteiger partial charge in [-0.3, -0.25) is 0 Å². The molecule has 0 heterocycles. The van der Waals surface area contributed by atoms with Gasteiger partial charge in [-0.25, -0.2) is 0 Å². The molecule has 0 radical (unpaired) electrons. The molecule has 0 aliphatic heterocycles. The van der Waals surface area contributed by atoms with Crippen molar-refractivity contribution in [1.29, 1.82) is 0 Å². The standard InChI is InChI=1S/C11H14IN.ClH/c1-2-3-7-11(13)9-5-4-6-10(12)8-9;/h2,4-6,8,11H,1,3,7,13H2;1H/t11-;/m1./s1. The molecule has 78 valence electrons. The van der Waals surface area contributed by atoms with E-state index in [-0.39, 0.29) is 18.4 Å². The molecule has 0 unspecified atom stereocenters. The van der Waals surface area contributed by atoms with Gasteiger partial charge in [-0.1, -0.05) is 18.2 Å². The average molecular weight is 324 g/mol. The van der Waals surface area contributed by atoms with E-state index in [2.05, 4.69) is 47.4 Å². The van der Waals surface area contributed by atoms with Crippen molar-refractivity contribution >= 4 is 35.0 Å². The molecule has 0 aliphatic carbocycles. The second-order valence-electron chi connectivity index (χ2n) is 3.03. The zero-order chi connectivity index (χ0) is 9.68. The van der Waals surface area contributed by atoms with E-state index in [1.165, 1.54) is 9.13 Å². The molecule has 0 bridgehead atoms. The van der Waals surface area contributed by atoms with Crippen molar-refractivity contribution in [2.24, 2.45) is 5.73 Å². The van der Waals surface area contributed by atoms with Gasteiger partial charge >= 0.3 is 0 Å². The summed E-state index contributed by atoms with van der Waals surface area (Å²) in [5.74, 6) is 0. The third-order valence-corrected chi connectivity index (χ3v) is 2.63. The zero-order valence-corrected chi connectivity index (χ0v) is 10.9. The molecule has 1 atom stereocenters. The lowest BCUT2D eigenvalue weighted by molar-refractivity contribution is 0.661. The fourth-order valence-corrected chi connectivity index (χ4v) is 1.77. The largest absolute Gasteiger partial charge is 0.324 e. The molecule has 1 nitrogen and oxygen atoms in total. The number of hydrogen-bond donors (Lipinski definition) is 1. The molecule has 1 aromatic carbocycles. The third kappa shape index (κ3) is 4.44. The summed E-state index contributed by atoms with van der Waals surface area (Å²) in [6.45, 7) is 3.69. The zero-order valence-electron chi connectivity index (χ0n) is 7.95. The molecule has 1 aromatic rings. The second-order valence-corrected chi connectivity index (χ2v) is 4.27. The Morgan fingerprint density at radius 3 is 2.79 bits per heavy atom. The van der Waals surface area contributed by atoms with E-state index < -0.39 is 0 Å². The first-order chi connectivity index (χ1) is 6.24. The molecule has 0 fully saturated rings. The summed E-state index contributed by atoms with van der Waals surface area (Å²) in [5, 5.41) is 0. The maximum absolute atomic E-state index is 6.00. The van der Waals surface area contributed by atoms with E-state index in [0.29, 0.717) is 0 Å². The first-order valence-electron chi connectivity index (χ1n) is 4.36. The summed E-state index contributed by atoms with van der Waals surface area (Å²) in [6, 6.07) is 8.48. The van der Waals surface area contributed by atoms with Crippen LogP contribution in [0.25, 0.3) is 0 Å². The molecule has 0 saturated heterocycles. The van der Waals surface area contributed by atoms with Gasteiger partial charge in [0.1, 0.15) is 0 Å². The van der Waals surface area contributed by atoms with Crippen LogP contribution in [0.3, 0.4) is 0 Å². The van der Waals surface area contributed by atoms with E-state index in [1.54, 1.807) is 0 Å². The second kappa shape index (κ2) is 7.26. The Morgan fingerprint density at radius 1 is 1.50 bits per heavy atom. The average Bonchev–Trinajstić information content (AvgIpc) is 2.14. The lowest BCUT2D eigenvalue weighted by Gasteiger charge is -2.10. The van der Waals surface area contributed by atoms with E-state index in [1.807, 2.05) is 12.1 Å². The predicted octanol–water partition coefficient (Wildman–Crippen LogP) is 3.68. The molecule has 0 aromatic heterocycles. The monoisotopic (exact) mass is 323 g/mol. The number of benzene rings is 1. The van der Waals surface area contributed by atoms with Crippen molar-refractivity contribution in [3.05, 3.63) is 46.1 Å². The predicted molar refractivity (Wildman–Crippen MR) is 72.8 cm³/mol. The molecular weight excluding hydrogens is 308 g/mol. The minimum absolute atomic E-state index is 0. The number of hydrogen-bond acceptors (Lipinski definition) is 1. The summed E-state index contributed by atoms with van der Waals surface area (Å²) in [5.41, 5.74) is 7.22. The van der Waals surface area contributed by atoms with Crippen LogP contribution in [0.5, 0.6) is 0 Å². The highest BCUT2D eigenvalue weighted by molar-refractivity contribution is 14.1. The fraction of sp³-hybridized carbons (Fsp3) is 0.273. The van der Waals surface area contributed by atoms with Gasteiger partial charge in [0.05, 0.1) is 0 Å². The van der Waals surface area contributed by atoms with Crippen molar-refractivity contribution in [2.45, 2.75) is 18.9 Å². The van der Waals surface area contributed by atoms with Crippen LogP contribution >= 0.6 is 35.0 Å². The van der Waals surface area contributed by atoms with Crippen molar-refractivity contribution in [3.8, 4) is 0 Å². The van der Waals surface area contributed by atoms with E-state index in [0.717, 1.165) is 12.8 Å². The van der Waals surface area contributed by atoms with Gasteiger partial charge in [0.2, 0.25) is 0 Å². The van der Waals surface area contributed by atoms with Gasteiger partial charge in [-0.2, -0.15) is 0 Å². The van der Waals surface area contributed by atoms with Gasteiger partial charge < -0.3 is 5.73 Å². The van der Waals surface area contributed by atoms with Crippen LogP contribution in [0.4, 0.5) is 0 Å². The Morgan fingerprint density at radius 2 is 2.21 bits per heavy atom. The summed E-state index contributed by atoms with van der Waals surface area (Å²) in [6.07, 6.45) is 3.87. The van der Waals surface area contributed by atoms with Crippen LogP contribution in [0.15, 0.2) is 36.9 Å². The van der Waals surface area contributed by atoms with Gasteiger partial charge in [-0.15, -0.1) is 19.0 Å². The van der Waals surface area contributed by atoms with Crippen LogP contribution < -0.4 is 5.73 Å². The Kier molecular flexibility index (Phi) is 7.23. The van der Waals surface area contributed by atoms with E-state index >= 15 is 0 Å². The molecular formula is C11H15ClIN. The van der Waals surface area contributed by atoms with Crippen LogP contribution in [-0.2, 0) is 0 Å². The molecule has 3 heteroatoms. The SMILES string of the molecule is C=CCC[C@@H](N)c1cccc(I)c1.Cl. The van der Waals surface area contributed by atoms with Crippen molar-refractivity contribution in [2.75, 3.05) is 0 Å². The summed E-state index contributed by atoms with van der Waals surface area (Å²) in [4.78, 5) is 0. The first-order valence-corrected chi connectivity index (χ1v) is 5.44. The molecule has 1 rings (SSSR count). The molecule has 0 saturated carbocycles. The summed E-state index contributed by atoms with van der Waals surface area (Å²) < 4.78 is 1.24. The third-order valence-electron chi connectivity index (χ3n) is 1.96. The van der Waals surface area contributed by atoms with Gasteiger partial charge in [-0.05, 0) is 53.1 Å². The molecule has 14 heavy (non-hydrogen) atoms. The lowest BCUT2D eigenvalue weighted by atomic mass is 10.0. The maximum atomic E-state index is 6.00. The normalized spacial score (nSPS) is 11.6. The fourth-order valence-electron chi connectivity index (χ4n) is 1.20. The highest BCUT2D eigenvalue weighted by Crippen LogP contribution is 2.17. The van der Waals surface area contributed by atoms with E-state index in [9.17, 15) is 0 Å². The molecule has 0 spiro atoms. The molecule has 0 amide bonds. The van der Waals surface area contributed by atoms with Crippen molar-refractivity contribution in [3.63, 3.8) is 0 Å². The summed E-state index contributed by atoms with van der Waals surface area (Å²) >= 11 is 2.30. The maximum Gasteiger partial charge on any atom is 0.0298 e. The number of allylic oxidation sites excluding steroid dienone is 1. The Labute approximate surface area is 105 Å². The lowest BCUT2D eigenvalue weighted by Crippen LogP contribution is -2.09. The van der Waals surface area contributed by atoms with Crippen molar-refractivity contribution < 1.29 is 0 Å². The first kappa shape index (κ1) is 13.9. The van der Waals surface area contributed by atoms with Gasteiger partial charge in [0.25, 0.3) is 0 Å². The minimum atomic E-state index is 0. The van der Waals surface area contributed by atoms with Crippen LogP contribution in [-0.4, -0.2) is 0 Å². The highest BCUT2D eigenvalue weighted by atomic mass is 127. The Bertz CT molecular complexity index is 288. The Balaban J connectivity index is 0.00000169. The number of nitrogens with two attached hydrogens (primary N) is 1. The quantitative estimate of drug-likeness (QED) is 0.664. The van der Waals surface area contributed by atoms with Crippen LogP contribution in [0.2, 0.25) is 0 Å². The Hall–Kier alpha value is -0.0600. The van der Waals surface area contributed by atoms with Gasteiger partial charge in [0.15, 0.2) is 0 Å². The highest BCUT2D eigenvalue weighted by Gasteiger charge is 2.04. The molecule has 2 N–H and O–H groups in total. The summed E-state index contributed by atoms with van der Waals surface area (Å²) in [7, 11) is 0. The minimum Gasteiger partial charge on any atom is -0.324 e. The number of halogens is 2. The van der Waals surface area contributed by atoms with Gasteiger partial charge in [0, 0.05) is 9.61 Å². The van der Waals surface area contributed by atoms with Crippen LogP contribution in [0, 0.1) is 3.57 Å². The molecule has 0 aliphatic rings. The smallest absolute Gasteiger partial charge is 0.0298 e. The van der Waals surface area contributed by atoms with E-state index in [4.69, 9.17) is 5.73 Å². The van der Waals surface area contributed by atoms with Crippen molar-refractivity contribution in [1.82, 2.24) is 0 Å².